The molecule has 18 rings (SSSR count). The molecule has 0 spiro atoms. The minimum absolute atomic E-state index is 0.0109. The zero-order chi connectivity index (χ0) is 87.2. The van der Waals surface area contributed by atoms with Gasteiger partial charge in [0.1, 0.15) is 42.9 Å². The minimum atomic E-state index is -2.26. The van der Waals surface area contributed by atoms with Gasteiger partial charge >= 0.3 is 0 Å². The highest BCUT2D eigenvalue weighted by molar-refractivity contribution is 8.13. The van der Waals surface area contributed by atoms with Crippen molar-refractivity contribution in [2.45, 2.75) is 296 Å². The van der Waals surface area contributed by atoms with Gasteiger partial charge in [-0.3, -0.25) is 38.4 Å². The van der Waals surface area contributed by atoms with Crippen LogP contribution in [-0.2, 0) is 57.3 Å². The summed E-state index contributed by atoms with van der Waals surface area (Å²) in [4.78, 5) is 99.7. The summed E-state index contributed by atoms with van der Waals surface area (Å²) < 4.78 is 102. The van der Waals surface area contributed by atoms with Gasteiger partial charge < -0.3 is 54.7 Å². The minimum Gasteiger partial charge on any atom is -0.393 e. The first kappa shape index (κ1) is 88.7. The van der Waals surface area contributed by atoms with Crippen molar-refractivity contribution in [3.8, 4) is 0 Å². The van der Waals surface area contributed by atoms with E-state index in [2.05, 4.69) is 33.8 Å². The number of allylic oxidation sites excluding steroid dienone is 16. The fraction of sp³-hybridized carbons (Fsp3) is 0.745. The second kappa shape index (κ2) is 28.7. The van der Waals surface area contributed by atoms with Crippen LogP contribution in [0.4, 0.5) is 22.0 Å². The zero-order valence-electron chi connectivity index (χ0n) is 71.5. The van der Waals surface area contributed by atoms with Crippen LogP contribution in [0.3, 0.4) is 0 Å². The first-order valence-corrected chi connectivity index (χ1v) is 44.4. The molecule has 2 aliphatic heterocycles. The van der Waals surface area contributed by atoms with Crippen LogP contribution < -0.4 is 0 Å². The van der Waals surface area contributed by atoms with E-state index in [0.29, 0.717) is 79.4 Å². The molecule has 2 saturated heterocycles. The van der Waals surface area contributed by atoms with E-state index in [1.807, 2.05) is 27.7 Å². The van der Waals surface area contributed by atoms with E-state index < -0.39 is 187 Å². The average molecular weight is 1680 g/mol. The molecule has 119 heavy (non-hydrogen) atoms. The van der Waals surface area contributed by atoms with E-state index in [4.69, 9.17) is 18.9 Å². The smallest absolute Gasteiger partial charge is 0.223 e. The Balaban J connectivity index is 0.000000124. The maximum atomic E-state index is 17.1. The molecule has 0 aromatic heterocycles. The number of alkyl halides is 5. The monoisotopic (exact) mass is 1680 g/mol. The highest BCUT2D eigenvalue weighted by Gasteiger charge is 2.83. The van der Waals surface area contributed by atoms with Gasteiger partial charge in [-0.1, -0.05) is 116 Å². The molecule has 18 aliphatic rings. The number of hydrogen-bond acceptors (Lipinski definition) is 20. The molecule has 0 radical (unpaired) electrons. The summed E-state index contributed by atoms with van der Waals surface area (Å²) in [5.41, 5.74) is -13.6. The van der Waals surface area contributed by atoms with E-state index in [1.54, 1.807) is 72.8 Å². The largest absolute Gasteiger partial charge is 0.393 e. The molecule has 16 aliphatic carbocycles. The standard InChI is InChI=1S/2C24H31FO6.C24H34O3.C22H27F3O4S/c1-21(2)30-19-9-14-13-8-16(25)15-7-12(27)5-6-22(15,3)20(13)17(28)10-23(14,4)24(19,31-21)18(29)11-26;1-20(2)30-19-10-16-15-6-5-13-9-14(27)7-8-21(13,3)23(15,25)17(28)11-22(16,4)24(19,31-20)18(29)12-26;1-6-20(27)24(5)14(2)11-18-17-8-7-15-12-16(25)9-10-22(15,3)21(17)19(26)13-23(18,24)4;1-11-6-13-14-8-16(24)15-7-12(26)4-5-19(15,2)21(14,25)17(27)9-20(13,3)22(11,29)18(28)30-10-23/h5-7,13-14,16-17,19-20,26,28H,8-11H2,1-4H3;7-9,15-17,19,26,28H,5-6,10-12H2,1-4H3;9-10,12,14,17-19,21,26H,6-8,11,13H2,1-5H3;4-5,7,11,13-14,16-17,27,29H,6,8-10H2,1-3H3/t13-,14-,16-,17-,19+,20+,22-,23-,24+;15-,16-,17-,19+,21-,22-,23-,24+;14-,17+,18+,19+,21-,22+,23+,24-;11-,13+,14+,16+,17+,19+,20+,21+,22+/m0011/s1. The third kappa shape index (κ3) is 11.6. The topological polar surface area (TPSA) is 315 Å². The van der Waals surface area contributed by atoms with Crippen molar-refractivity contribution in [3.63, 3.8) is 0 Å². The highest BCUT2D eigenvalue weighted by Crippen LogP contribution is 2.77. The third-order valence-corrected chi connectivity index (χ3v) is 37.2. The normalized spacial score (nSPS) is 52.0. The molecule has 0 amide bonds. The summed E-state index contributed by atoms with van der Waals surface area (Å²) in [5, 5.41) is 75.7. The van der Waals surface area contributed by atoms with Crippen LogP contribution in [0, 0.1) is 120 Å². The molecule has 34 atom stereocenters. The highest BCUT2D eigenvalue weighted by atomic mass is 32.2. The van der Waals surface area contributed by atoms with Gasteiger partial charge in [-0.15, -0.1) is 0 Å². The number of ketones is 7. The molecule has 0 aromatic rings. The molecule has 12 saturated carbocycles. The average Bonchev–Trinajstić information content (AvgIpc) is 1.50. The van der Waals surface area contributed by atoms with Gasteiger partial charge in [0.2, 0.25) is 5.12 Å². The lowest BCUT2D eigenvalue weighted by Gasteiger charge is -2.63. The number of ether oxygens (including phenoxy) is 4. The molecule has 0 bridgehead atoms. The molecule has 19 nitrogen and oxygen atoms in total. The molecule has 0 unspecified atom stereocenters. The Bertz CT molecular complexity index is 4570. The Morgan fingerprint density at radius 2 is 0.933 bits per heavy atom. The van der Waals surface area contributed by atoms with Crippen molar-refractivity contribution >= 4 is 57.4 Å². The first-order valence-electron chi connectivity index (χ1n) is 43.4. The summed E-state index contributed by atoms with van der Waals surface area (Å²) in [5.74, 6) is -5.51. The molecular formula is C94H123F5O19S. The van der Waals surface area contributed by atoms with Gasteiger partial charge in [-0.05, 0) is 244 Å². The molecule has 0 aromatic carbocycles. The van der Waals surface area contributed by atoms with Crippen molar-refractivity contribution in [2.75, 3.05) is 19.2 Å². The predicted molar refractivity (Wildman–Crippen MR) is 430 cm³/mol. The molecular weight excluding hydrogens is 1560 g/mol. The SMILES string of the molecule is CC1(C)O[C@@H]2C[C@H]3[C@@H]4CCC5=CC(=O)C=C[C@]5(C)[C@@]4(F)[C@@H](O)C[C@]3(C)[C@]2(C(=O)CO)O1.CC1(C)O[C@@H]2C[C@H]3[C@@H]4C[C@H](F)C5=CC(=O)C=C[C@]5(C)[C@H]4[C@@H](O)C[C@]3(C)[C@]2(C(=O)CO)O1.CCC(=O)[C@@]1(C)[C@H](C)C[C@H]2[C@@H]3CCC4=CC(=O)C=C[C@]4(C)[C@H]3[C@@H](O)C[C@@]21C.C[C@@H]1C[C@H]2[C@@H]3C[C@H](F)C4=CC(=O)C=C[C@]4(C)[C@@]3(F)[C@@H](O)C[C@]2(C)[C@@]1(O)C(=O)SCF. The number of carbonyl (C=O) groups excluding carboxylic acids is 8. The molecule has 7 N–H and O–H groups in total. The number of aliphatic hydroxyl groups excluding tert-OH is 6. The van der Waals surface area contributed by atoms with Gasteiger partial charge in [0.05, 0.1) is 36.6 Å². The van der Waals surface area contributed by atoms with Crippen LogP contribution in [0.25, 0.3) is 0 Å². The van der Waals surface area contributed by atoms with Crippen LogP contribution in [0.1, 0.15) is 207 Å². The number of fused-ring (bicyclic) bond motifs is 24. The lowest BCUT2D eigenvalue weighted by molar-refractivity contribution is -0.246. The Kier molecular flexibility index (Phi) is 21.4. The summed E-state index contributed by atoms with van der Waals surface area (Å²) >= 11 is 0.371. The summed E-state index contributed by atoms with van der Waals surface area (Å²) in [7, 11) is 0. The van der Waals surface area contributed by atoms with E-state index in [9.17, 15) is 78.5 Å². The van der Waals surface area contributed by atoms with Gasteiger partial charge in [-0.25, -0.2) is 22.0 Å². The van der Waals surface area contributed by atoms with Crippen molar-refractivity contribution in [1.29, 1.82) is 0 Å². The Hall–Kier alpha value is -5.16. The fourth-order valence-corrected chi connectivity index (χ4v) is 31.7. The number of hydrogen-bond donors (Lipinski definition) is 7. The van der Waals surface area contributed by atoms with Gasteiger partial charge in [-0.2, -0.15) is 0 Å². The predicted octanol–water partition coefficient (Wildman–Crippen LogP) is 12.7. The van der Waals surface area contributed by atoms with E-state index in [0.717, 1.165) is 30.9 Å². The van der Waals surface area contributed by atoms with Crippen molar-refractivity contribution < 1.29 is 115 Å². The number of thioether (sulfide) groups is 1. The molecule has 2 heterocycles. The zero-order valence-corrected chi connectivity index (χ0v) is 72.3. The number of carbonyl (C=O) groups is 8. The molecule has 14 fully saturated rings. The Morgan fingerprint density at radius 3 is 1.50 bits per heavy atom. The van der Waals surface area contributed by atoms with Crippen molar-refractivity contribution in [1.82, 2.24) is 0 Å². The maximum Gasteiger partial charge on any atom is 0.223 e. The Morgan fingerprint density at radius 1 is 0.487 bits per heavy atom. The fourth-order valence-electron chi connectivity index (χ4n) is 31.0. The van der Waals surface area contributed by atoms with Crippen LogP contribution in [-0.4, -0.2) is 189 Å². The van der Waals surface area contributed by atoms with Crippen molar-refractivity contribution in [2.24, 2.45) is 120 Å². The second-order valence-corrected chi connectivity index (χ2v) is 42.9. The van der Waals surface area contributed by atoms with Gasteiger partial charge in [0.15, 0.2) is 68.8 Å². The van der Waals surface area contributed by atoms with Crippen LogP contribution in [0.15, 0.2) is 95.2 Å². The number of rotatable bonds is 8. The third-order valence-electron chi connectivity index (χ3n) is 36.5. The number of halogens is 5. The van der Waals surface area contributed by atoms with Crippen LogP contribution in [0.5, 0.6) is 0 Å². The second-order valence-electron chi connectivity index (χ2n) is 42.0. The van der Waals surface area contributed by atoms with Crippen molar-refractivity contribution in [3.05, 3.63) is 95.2 Å². The lowest BCUT2D eigenvalue weighted by Crippen LogP contribution is -2.70. The maximum absolute atomic E-state index is 17.1. The van der Waals surface area contributed by atoms with Gasteiger partial charge in [0.25, 0.3) is 0 Å². The summed E-state index contributed by atoms with van der Waals surface area (Å²) in [6.07, 6.45) is 16.6. The van der Waals surface area contributed by atoms with E-state index in [1.165, 1.54) is 49.0 Å². The van der Waals surface area contributed by atoms with Crippen LogP contribution in [0.2, 0.25) is 0 Å². The van der Waals surface area contributed by atoms with Gasteiger partial charge in [0, 0.05) is 73.4 Å². The first-order chi connectivity index (χ1) is 55.2. The summed E-state index contributed by atoms with van der Waals surface area (Å²) in [6.45, 7) is 28.7. The van der Waals surface area contributed by atoms with Crippen LogP contribution >= 0.6 is 11.8 Å². The van der Waals surface area contributed by atoms with E-state index >= 15 is 17.6 Å². The molecule has 654 valence electrons. The molecule has 25 heteroatoms. The number of aliphatic hydroxyl groups is 7. The Labute approximate surface area is 698 Å². The lowest BCUT2D eigenvalue weighted by atomic mass is 9.44. The number of Topliss-reactive ketones (excluding diaryl/α,β-unsaturated/α-hetero) is 3. The van der Waals surface area contributed by atoms with E-state index in [-0.39, 0.29) is 107 Å². The summed E-state index contributed by atoms with van der Waals surface area (Å²) in [6, 6.07) is -0.995. The quantitative estimate of drug-likeness (QED) is 0.111.